The topological polar surface area (TPSA) is 52.0 Å². The van der Waals surface area contributed by atoms with E-state index in [1.165, 1.54) is 46.2 Å². The fraction of sp³-hybridized carbons (Fsp3) is 0.647. The maximum Gasteiger partial charge on any atom is -0.0195 e. The van der Waals surface area contributed by atoms with Crippen LogP contribution in [0.4, 0.5) is 0 Å². The summed E-state index contributed by atoms with van der Waals surface area (Å²) in [4.78, 5) is 0. The molecule has 2 nitrogen and oxygen atoms in total. The highest BCUT2D eigenvalue weighted by molar-refractivity contribution is 4.99. The Labute approximate surface area is 123 Å². The van der Waals surface area contributed by atoms with E-state index < -0.39 is 0 Å². The fourth-order valence-electron chi connectivity index (χ4n) is 1.06. The molecular formula is C17H40N2. The van der Waals surface area contributed by atoms with Gasteiger partial charge in [-0.2, -0.15) is 0 Å². The first kappa shape index (κ1) is 30.9. The molecule has 0 fully saturated rings. The third-order valence-electron chi connectivity index (χ3n) is 1.87. The van der Waals surface area contributed by atoms with E-state index in [9.17, 15) is 0 Å². The van der Waals surface area contributed by atoms with Gasteiger partial charge in [-0.1, -0.05) is 97.2 Å². The summed E-state index contributed by atoms with van der Waals surface area (Å²) in [5.41, 5.74) is 9.00. The van der Waals surface area contributed by atoms with Crippen LogP contribution in [-0.2, 0) is 0 Å². The van der Waals surface area contributed by atoms with Crippen LogP contribution in [0.3, 0.4) is 0 Å². The minimum Gasteiger partial charge on any atom is -0.333 e. The normalized spacial score (nSPS) is 6.63. The highest BCUT2D eigenvalue weighted by Gasteiger charge is 1.80. The molecule has 0 atom stereocenters. The van der Waals surface area contributed by atoms with Gasteiger partial charge in [-0.05, 0) is 14.1 Å². The second-order valence-corrected chi connectivity index (χ2v) is 3.22. The van der Waals surface area contributed by atoms with Gasteiger partial charge < -0.3 is 11.5 Å². The molecule has 19 heavy (non-hydrogen) atoms. The van der Waals surface area contributed by atoms with E-state index in [0.29, 0.717) is 0 Å². The molecule has 118 valence electrons. The quantitative estimate of drug-likeness (QED) is 0.750. The number of nitrogens with two attached hydrogens (primary N) is 2. The maximum absolute atomic E-state index is 4.50. The highest BCUT2D eigenvalue weighted by atomic mass is 14.4. The lowest BCUT2D eigenvalue weighted by atomic mass is 10.2. The molecule has 0 heterocycles. The van der Waals surface area contributed by atoms with Gasteiger partial charge in [0.15, 0.2) is 0 Å². The lowest BCUT2D eigenvalue weighted by Crippen LogP contribution is -1.70. The number of hydrogen-bond donors (Lipinski definition) is 2. The molecule has 0 saturated heterocycles. The van der Waals surface area contributed by atoms with Crippen molar-refractivity contribution in [2.45, 2.75) is 60.8 Å². The monoisotopic (exact) mass is 272 g/mol. The lowest BCUT2D eigenvalue weighted by Gasteiger charge is -1.90. The van der Waals surface area contributed by atoms with E-state index in [1.54, 1.807) is 0 Å². The van der Waals surface area contributed by atoms with Crippen LogP contribution in [-0.4, -0.2) is 14.1 Å². The van der Waals surface area contributed by atoms with Crippen LogP contribution in [0.1, 0.15) is 60.8 Å². The minimum absolute atomic E-state index is 0. The van der Waals surface area contributed by atoms with Gasteiger partial charge in [-0.3, -0.25) is 0 Å². The Morgan fingerprint density at radius 1 is 0.526 bits per heavy atom. The van der Waals surface area contributed by atoms with Crippen molar-refractivity contribution in [3.63, 3.8) is 0 Å². The number of benzene rings is 1. The Hall–Kier alpha value is -0.860. The molecular weight excluding hydrogens is 232 g/mol. The second-order valence-electron chi connectivity index (χ2n) is 3.22. The van der Waals surface area contributed by atoms with Crippen LogP contribution in [0.15, 0.2) is 36.4 Å². The molecule has 0 aliphatic carbocycles. The molecule has 0 radical (unpaired) electrons. The maximum atomic E-state index is 4.50. The summed E-state index contributed by atoms with van der Waals surface area (Å²) in [6.07, 6.45) is 7.01. The zero-order valence-corrected chi connectivity index (χ0v) is 12.2. The van der Waals surface area contributed by atoms with Crippen molar-refractivity contribution in [1.29, 1.82) is 0 Å². The van der Waals surface area contributed by atoms with E-state index in [0.717, 1.165) is 0 Å². The van der Waals surface area contributed by atoms with Crippen molar-refractivity contribution in [2.75, 3.05) is 14.1 Å². The molecule has 1 aromatic carbocycles. The summed E-state index contributed by atoms with van der Waals surface area (Å²) in [6.45, 7) is 4.49. The molecule has 0 aromatic heterocycles. The predicted octanol–water partition coefficient (Wildman–Crippen LogP) is 5.09. The summed E-state index contributed by atoms with van der Waals surface area (Å²) in [5.74, 6) is 0. The summed E-state index contributed by atoms with van der Waals surface area (Å²) in [7, 11) is 3.00. The molecule has 4 N–H and O–H groups in total. The molecule has 0 bridgehead atoms. The standard InChI is InChI=1S/C7H16.C6H6.2CH5N.2CH4/c1-3-5-7-6-4-2;1-2-4-6-5-3-1;2*1-2;;/h3-7H2,1-2H3;1-6H;2*2H2,1H3;2*1H4. The molecule has 0 aliphatic heterocycles. The van der Waals surface area contributed by atoms with E-state index in [-0.39, 0.29) is 14.9 Å². The minimum atomic E-state index is 0. The average molecular weight is 273 g/mol. The number of hydrogen-bond acceptors (Lipinski definition) is 2. The van der Waals surface area contributed by atoms with E-state index in [1.807, 2.05) is 36.4 Å². The molecule has 0 amide bonds. The number of rotatable bonds is 4. The molecule has 0 unspecified atom stereocenters. The third-order valence-corrected chi connectivity index (χ3v) is 1.87. The molecule has 0 saturated carbocycles. The average Bonchev–Trinajstić information content (AvgIpc) is 2.46. The van der Waals surface area contributed by atoms with Crippen molar-refractivity contribution in [3.8, 4) is 0 Å². The van der Waals surface area contributed by atoms with Gasteiger partial charge in [0.25, 0.3) is 0 Å². The van der Waals surface area contributed by atoms with Gasteiger partial charge in [0.1, 0.15) is 0 Å². The van der Waals surface area contributed by atoms with Crippen LogP contribution in [0.25, 0.3) is 0 Å². The van der Waals surface area contributed by atoms with Gasteiger partial charge in [0, 0.05) is 0 Å². The summed E-state index contributed by atoms with van der Waals surface area (Å²) in [5, 5.41) is 0. The first-order valence-corrected chi connectivity index (χ1v) is 6.57. The van der Waals surface area contributed by atoms with Gasteiger partial charge in [0.2, 0.25) is 0 Å². The Kier molecular flexibility index (Phi) is 70.5. The van der Waals surface area contributed by atoms with E-state index in [4.69, 9.17) is 0 Å². The summed E-state index contributed by atoms with van der Waals surface area (Å²) in [6, 6.07) is 12.0. The molecule has 0 spiro atoms. The van der Waals surface area contributed by atoms with Crippen molar-refractivity contribution in [1.82, 2.24) is 0 Å². The Morgan fingerprint density at radius 2 is 0.737 bits per heavy atom. The zero-order valence-electron chi connectivity index (χ0n) is 12.2. The van der Waals surface area contributed by atoms with Crippen LogP contribution >= 0.6 is 0 Å². The van der Waals surface area contributed by atoms with Crippen LogP contribution in [0.2, 0.25) is 0 Å². The number of unbranched alkanes of at least 4 members (excludes halogenated alkanes) is 4. The van der Waals surface area contributed by atoms with Gasteiger partial charge >= 0.3 is 0 Å². The lowest BCUT2D eigenvalue weighted by molar-refractivity contribution is 0.656. The first-order valence-electron chi connectivity index (χ1n) is 6.57. The molecule has 1 rings (SSSR count). The van der Waals surface area contributed by atoms with Crippen molar-refractivity contribution < 1.29 is 0 Å². The highest BCUT2D eigenvalue weighted by Crippen LogP contribution is 2.00. The second kappa shape index (κ2) is 43.4. The van der Waals surface area contributed by atoms with Gasteiger partial charge in [-0.15, -0.1) is 0 Å². The van der Waals surface area contributed by atoms with Gasteiger partial charge in [-0.25, -0.2) is 0 Å². The Bertz CT molecular complexity index is 133. The SMILES string of the molecule is C.C.CCCCCCC.CN.CN.c1ccccc1. The first-order chi connectivity index (χ1) is 8.41. The van der Waals surface area contributed by atoms with Crippen LogP contribution < -0.4 is 11.5 Å². The molecule has 1 aromatic rings. The largest absolute Gasteiger partial charge is 0.333 e. The Morgan fingerprint density at radius 3 is 0.895 bits per heavy atom. The summed E-state index contributed by atoms with van der Waals surface area (Å²) >= 11 is 0. The van der Waals surface area contributed by atoms with Crippen molar-refractivity contribution >= 4 is 0 Å². The van der Waals surface area contributed by atoms with Crippen LogP contribution in [0.5, 0.6) is 0 Å². The summed E-state index contributed by atoms with van der Waals surface area (Å²) < 4.78 is 0. The third kappa shape index (κ3) is 47.0. The fourth-order valence-corrected chi connectivity index (χ4v) is 1.06. The van der Waals surface area contributed by atoms with E-state index in [2.05, 4.69) is 25.3 Å². The van der Waals surface area contributed by atoms with E-state index >= 15 is 0 Å². The van der Waals surface area contributed by atoms with Crippen molar-refractivity contribution in [3.05, 3.63) is 36.4 Å². The molecule has 2 heteroatoms. The van der Waals surface area contributed by atoms with Gasteiger partial charge in [0.05, 0.1) is 0 Å². The van der Waals surface area contributed by atoms with Crippen LogP contribution in [0, 0.1) is 0 Å². The smallest absolute Gasteiger partial charge is 0.0195 e. The Balaban J connectivity index is -0.0000000504. The zero-order chi connectivity index (χ0) is 13.8. The molecule has 0 aliphatic rings. The van der Waals surface area contributed by atoms with Crippen molar-refractivity contribution in [2.24, 2.45) is 11.5 Å². The predicted molar refractivity (Wildman–Crippen MR) is 94.6 cm³/mol.